The molecule has 11 heavy (non-hydrogen) atoms. The van der Waals surface area contributed by atoms with Crippen LogP contribution in [0.3, 0.4) is 0 Å². The summed E-state index contributed by atoms with van der Waals surface area (Å²) in [5.41, 5.74) is 5.95. The highest BCUT2D eigenvalue weighted by Crippen LogP contribution is 2.43. The van der Waals surface area contributed by atoms with Gasteiger partial charge in [0.1, 0.15) is 0 Å². The van der Waals surface area contributed by atoms with Crippen molar-refractivity contribution in [3.05, 3.63) is 0 Å². The first-order chi connectivity index (χ1) is 5.20. The molecule has 0 aromatic carbocycles. The van der Waals surface area contributed by atoms with Gasteiger partial charge in [-0.3, -0.25) is 4.90 Å². The lowest BCUT2D eigenvalue weighted by molar-refractivity contribution is -0.0427. The molecule has 64 valence electrons. The molecule has 1 saturated heterocycles. The second kappa shape index (κ2) is 2.46. The number of hydrogen-bond donors (Lipinski definition) is 1. The molecule has 1 aliphatic carbocycles. The minimum atomic E-state index is 0.332. The Balaban J connectivity index is 2.04. The van der Waals surface area contributed by atoms with Gasteiger partial charge in [0.05, 0.1) is 6.17 Å². The number of nitrogens with zero attached hydrogens (tertiary/aromatic N) is 1. The lowest BCUT2D eigenvalue weighted by atomic mass is 9.66. The van der Waals surface area contributed by atoms with Crippen molar-refractivity contribution in [2.24, 2.45) is 17.6 Å². The summed E-state index contributed by atoms with van der Waals surface area (Å²) < 4.78 is 0. The van der Waals surface area contributed by atoms with E-state index in [1.165, 1.54) is 19.3 Å². The van der Waals surface area contributed by atoms with E-state index in [4.69, 9.17) is 5.73 Å². The average molecular weight is 154 g/mol. The molecule has 2 fully saturated rings. The maximum absolute atomic E-state index is 5.95. The first-order valence-corrected chi connectivity index (χ1v) is 4.67. The molecular formula is C9H18N2. The van der Waals surface area contributed by atoms with E-state index in [1.807, 2.05) is 0 Å². The van der Waals surface area contributed by atoms with Gasteiger partial charge in [-0.2, -0.15) is 0 Å². The van der Waals surface area contributed by atoms with Crippen LogP contribution in [0.2, 0.25) is 0 Å². The average Bonchev–Trinajstić information content (AvgIpc) is 1.94. The quantitative estimate of drug-likeness (QED) is 0.564. The number of likely N-dealkylation sites (tertiary alicyclic amines) is 1. The van der Waals surface area contributed by atoms with E-state index in [0.29, 0.717) is 6.17 Å². The Bertz CT molecular complexity index is 158. The van der Waals surface area contributed by atoms with Crippen molar-refractivity contribution >= 4 is 0 Å². The van der Waals surface area contributed by atoms with Crippen LogP contribution in [0.4, 0.5) is 0 Å². The third kappa shape index (κ3) is 1.00. The van der Waals surface area contributed by atoms with Crippen LogP contribution >= 0.6 is 0 Å². The molecule has 4 atom stereocenters. The van der Waals surface area contributed by atoms with Crippen molar-refractivity contribution in [3.63, 3.8) is 0 Å². The maximum atomic E-state index is 5.95. The summed E-state index contributed by atoms with van der Waals surface area (Å²) in [6.45, 7) is 2.34. The Morgan fingerprint density at radius 1 is 1.36 bits per heavy atom. The van der Waals surface area contributed by atoms with Gasteiger partial charge in [-0.05, 0) is 38.1 Å². The Hall–Kier alpha value is -0.0800. The van der Waals surface area contributed by atoms with Crippen LogP contribution < -0.4 is 5.73 Å². The predicted molar refractivity (Wildman–Crippen MR) is 46.0 cm³/mol. The molecule has 0 radical (unpaired) electrons. The lowest BCUT2D eigenvalue weighted by Crippen LogP contribution is -2.60. The second-order valence-corrected chi connectivity index (χ2v) is 4.27. The molecule has 1 heterocycles. The Labute approximate surface area is 68.7 Å². The number of hydrogen-bond acceptors (Lipinski definition) is 2. The molecule has 2 aliphatic rings. The Morgan fingerprint density at radius 3 is 2.64 bits per heavy atom. The molecule has 0 amide bonds. The maximum Gasteiger partial charge on any atom is 0.0571 e. The summed E-state index contributed by atoms with van der Waals surface area (Å²) in [5.74, 6) is 1.85. The van der Waals surface area contributed by atoms with Crippen molar-refractivity contribution in [2.75, 3.05) is 7.05 Å². The van der Waals surface area contributed by atoms with Gasteiger partial charge in [0.2, 0.25) is 0 Å². The molecule has 1 aliphatic heterocycles. The van der Waals surface area contributed by atoms with Crippen LogP contribution in [0.1, 0.15) is 26.2 Å². The molecule has 4 unspecified atom stereocenters. The number of nitrogens with two attached hydrogens (primary N) is 1. The number of fused-ring (bicyclic) bond motifs is 1. The smallest absolute Gasteiger partial charge is 0.0571 e. The summed E-state index contributed by atoms with van der Waals surface area (Å²) in [4.78, 5) is 2.38. The summed E-state index contributed by atoms with van der Waals surface area (Å²) in [6, 6.07) is 0.804. The molecule has 0 spiro atoms. The fourth-order valence-electron chi connectivity index (χ4n) is 2.86. The van der Waals surface area contributed by atoms with Gasteiger partial charge >= 0.3 is 0 Å². The summed E-state index contributed by atoms with van der Waals surface area (Å²) >= 11 is 0. The van der Waals surface area contributed by atoms with Gasteiger partial charge in [-0.15, -0.1) is 0 Å². The fraction of sp³-hybridized carbons (Fsp3) is 1.00. The van der Waals surface area contributed by atoms with Crippen LogP contribution in [0.5, 0.6) is 0 Å². The molecule has 0 aromatic heterocycles. The lowest BCUT2D eigenvalue weighted by Gasteiger charge is -2.54. The van der Waals surface area contributed by atoms with Crippen LogP contribution in [-0.4, -0.2) is 24.2 Å². The van der Waals surface area contributed by atoms with Gasteiger partial charge in [-0.1, -0.05) is 6.92 Å². The van der Waals surface area contributed by atoms with E-state index in [-0.39, 0.29) is 0 Å². The van der Waals surface area contributed by atoms with Crippen LogP contribution in [0.15, 0.2) is 0 Å². The van der Waals surface area contributed by atoms with Crippen molar-refractivity contribution < 1.29 is 0 Å². The van der Waals surface area contributed by atoms with Crippen molar-refractivity contribution in [3.8, 4) is 0 Å². The minimum absolute atomic E-state index is 0.332. The topological polar surface area (TPSA) is 29.3 Å². The molecule has 2 N–H and O–H groups in total. The van der Waals surface area contributed by atoms with E-state index < -0.39 is 0 Å². The summed E-state index contributed by atoms with van der Waals surface area (Å²) in [5, 5.41) is 0. The Morgan fingerprint density at radius 2 is 2.09 bits per heavy atom. The normalized spacial score (nSPS) is 51.5. The summed E-state index contributed by atoms with van der Waals surface area (Å²) in [6.07, 6.45) is 4.33. The van der Waals surface area contributed by atoms with E-state index in [1.54, 1.807) is 0 Å². The number of rotatable bonds is 0. The molecule has 1 saturated carbocycles. The van der Waals surface area contributed by atoms with E-state index in [2.05, 4.69) is 18.9 Å². The van der Waals surface area contributed by atoms with Crippen molar-refractivity contribution in [2.45, 2.75) is 38.4 Å². The summed E-state index contributed by atoms with van der Waals surface area (Å²) in [7, 11) is 2.18. The first kappa shape index (κ1) is 7.56. The van der Waals surface area contributed by atoms with Crippen molar-refractivity contribution in [1.29, 1.82) is 0 Å². The van der Waals surface area contributed by atoms with Crippen LogP contribution in [0, 0.1) is 11.8 Å². The SMILES string of the molecule is CC1CC2CCC(N)N(C)C12. The van der Waals surface area contributed by atoms with E-state index in [0.717, 1.165) is 17.9 Å². The molecular weight excluding hydrogens is 136 g/mol. The van der Waals surface area contributed by atoms with Gasteiger partial charge in [0.25, 0.3) is 0 Å². The highest BCUT2D eigenvalue weighted by atomic mass is 15.2. The predicted octanol–water partition coefficient (Wildman–Crippen LogP) is 1.02. The zero-order valence-electron chi connectivity index (χ0n) is 7.46. The largest absolute Gasteiger partial charge is 0.316 e. The zero-order chi connectivity index (χ0) is 8.01. The van der Waals surface area contributed by atoms with Crippen LogP contribution in [-0.2, 0) is 0 Å². The minimum Gasteiger partial charge on any atom is -0.316 e. The highest BCUT2D eigenvalue weighted by Gasteiger charge is 2.44. The molecule has 0 aromatic rings. The van der Waals surface area contributed by atoms with Crippen molar-refractivity contribution in [1.82, 2.24) is 4.90 Å². The van der Waals surface area contributed by atoms with Gasteiger partial charge < -0.3 is 5.73 Å². The molecule has 2 rings (SSSR count). The monoisotopic (exact) mass is 154 g/mol. The van der Waals surface area contributed by atoms with E-state index >= 15 is 0 Å². The second-order valence-electron chi connectivity index (χ2n) is 4.27. The number of piperidine rings is 1. The van der Waals surface area contributed by atoms with Gasteiger partial charge in [-0.25, -0.2) is 0 Å². The standard InChI is InChI=1S/C9H18N2/c1-6-5-7-3-4-8(10)11(2)9(6)7/h6-9H,3-5,10H2,1-2H3. The Kier molecular flexibility index (Phi) is 1.69. The van der Waals surface area contributed by atoms with Gasteiger partial charge in [0, 0.05) is 6.04 Å². The van der Waals surface area contributed by atoms with E-state index in [9.17, 15) is 0 Å². The molecule has 0 bridgehead atoms. The zero-order valence-corrected chi connectivity index (χ0v) is 7.46. The molecule has 2 nitrogen and oxygen atoms in total. The fourth-order valence-corrected chi connectivity index (χ4v) is 2.86. The third-order valence-corrected chi connectivity index (χ3v) is 3.57. The highest BCUT2D eigenvalue weighted by molar-refractivity contribution is 4.97. The third-order valence-electron chi connectivity index (χ3n) is 3.57. The van der Waals surface area contributed by atoms with Crippen LogP contribution in [0.25, 0.3) is 0 Å². The first-order valence-electron chi connectivity index (χ1n) is 4.67. The molecule has 2 heteroatoms. The van der Waals surface area contributed by atoms with Gasteiger partial charge in [0.15, 0.2) is 0 Å².